The van der Waals surface area contributed by atoms with E-state index in [1.165, 1.54) is 64.2 Å². The third-order valence-corrected chi connectivity index (χ3v) is 7.21. The van der Waals surface area contributed by atoms with Gasteiger partial charge < -0.3 is 10.6 Å². The number of carbonyl (C=O) groups is 1. The fourth-order valence-electron chi connectivity index (χ4n) is 5.68. The van der Waals surface area contributed by atoms with Crippen LogP contribution in [-0.4, -0.2) is 29.4 Å². The first-order chi connectivity index (χ1) is 11.2. The van der Waals surface area contributed by atoms with Gasteiger partial charge in [-0.15, -0.1) is 0 Å². The van der Waals surface area contributed by atoms with Crippen LogP contribution in [0.4, 0.5) is 0 Å². The third-order valence-electron chi connectivity index (χ3n) is 7.21. The van der Waals surface area contributed by atoms with Gasteiger partial charge in [0, 0.05) is 24.5 Å². The highest BCUT2D eigenvalue weighted by molar-refractivity contribution is 5.79. The Bertz CT molecular complexity index is 413. The summed E-state index contributed by atoms with van der Waals surface area (Å²) in [6.07, 6.45) is 15.3. The molecular weight excluding hydrogens is 284 g/mol. The largest absolute Gasteiger partial charge is 0.339 e. The summed E-state index contributed by atoms with van der Waals surface area (Å²) in [5, 5.41) is 0. The minimum atomic E-state index is 0.286. The van der Waals surface area contributed by atoms with Crippen molar-refractivity contribution in [3.8, 4) is 0 Å². The van der Waals surface area contributed by atoms with Crippen LogP contribution in [0.3, 0.4) is 0 Å². The lowest BCUT2D eigenvalue weighted by Gasteiger charge is -2.45. The van der Waals surface area contributed by atoms with Gasteiger partial charge in [0.2, 0.25) is 5.91 Å². The molecule has 2 N–H and O–H groups in total. The van der Waals surface area contributed by atoms with Gasteiger partial charge in [-0.1, -0.05) is 25.7 Å². The van der Waals surface area contributed by atoms with E-state index < -0.39 is 0 Å². The number of carbonyl (C=O) groups excluding carboxylic acids is 1. The molecule has 0 aromatic carbocycles. The highest BCUT2D eigenvalue weighted by atomic mass is 16.2. The van der Waals surface area contributed by atoms with E-state index in [0.29, 0.717) is 29.8 Å². The Labute approximate surface area is 141 Å². The molecule has 3 heteroatoms. The van der Waals surface area contributed by atoms with Crippen molar-refractivity contribution in [1.29, 1.82) is 0 Å². The summed E-state index contributed by atoms with van der Waals surface area (Å²) in [4.78, 5) is 15.6. The average molecular weight is 319 g/mol. The van der Waals surface area contributed by atoms with Gasteiger partial charge in [0.05, 0.1) is 0 Å². The highest BCUT2D eigenvalue weighted by Gasteiger charge is 2.44. The Balaban J connectivity index is 1.41. The average Bonchev–Trinajstić information content (AvgIpc) is 3.37. The molecule has 2 unspecified atom stereocenters. The van der Waals surface area contributed by atoms with E-state index in [-0.39, 0.29) is 5.92 Å². The lowest BCUT2D eigenvalue weighted by Crippen LogP contribution is -2.50. The molecule has 0 aromatic heterocycles. The van der Waals surface area contributed by atoms with Crippen LogP contribution in [0.1, 0.15) is 77.0 Å². The van der Waals surface area contributed by atoms with Gasteiger partial charge in [-0.05, 0) is 69.1 Å². The minimum Gasteiger partial charge on any atom is -0.339 e. The smallest absolute Gasteiger partial charge is 0.225 e. The van der Waals surface area contributed by atoms with E-state index >= 15 is 0 Å². The normalized spacial score (nSPS) is 38.3. The molecule has 4 saturated carbocycles. The van der Waals surface area contributed by atoms with Crippen molar-refractivity contribution < 1.29 is 4.79 Å². The lowest BCUT2D eigenvalue weighted by atomic mass is 9.65. The molecular formula is C20H34N2O. The molecule has 1 amide bonds. The molecule has 0 saturated heterocycles. The van der Waals surface area contributed by atoms with Gasteiger partial charge in [0.1, 0.15) is 0 Å². The van der Waals surface area contributed by atoms with Crippen LogP contribution >= 0.6 is 0 Å². The fraction of sp³-hybridized carbons (Fsp3) is 0.950. The molecule has 4 aliphatic carbocycles. The summed E-state index contributed by atoms with van der Waals surface area (Å²) < 4.78 is 0. The molecule has 0 spiro atoms. The van der Waals surface area contributed by atoms with Crippen LogP contribution in [0.2, 0.25) is 0 Å². The first-order valence-electron chi connectivity index (χ1n) is 10.3. The quantitative estimate of drug-likeness (QED) is 0.859. The maximum Gasteiger partial charge on any atom is 0.225 e. The van der Waals surface area contributed by atoms with Crippen LogP contribution in [-0.2, 0) is 4.79 Å². The predicted octanol–water partition coefficient (Wildman–Crippen LogP) is 3.71. The molecule has 4 aliphatic rings. The molecule has 2 bridgehead atoms. The van der Waals surface area contributed by atoms with Gasteiger partial charge >= 0.3 is 0 Å². The van der Waals surface area contributed by atoms with Crippen molar-refractivity contribution in [2.75, 3.05) is 6.54 Å². The lowest BCUT2D eigenvalue weighted by molar-refractivity contribution is -0.140. The van der Waals surface area contributed by atoms with Gasteiger partial charge in [-0.3, -0.25) is 4.79 Å². The zero-order valence-corrected chi connectivity index (χ0v) is 14.6. The number of nitrogens with zero attached hydrogens (tertiary/aromatic N) is 1. The summed E-state index contributed by atoms with van der Waals surface area (Å²) in [5.41, 5.74) is 6.42. The second-order valence-corrected chi connectivity index (χ2v) is 8.92. The molecule has 0 heterocycles. The van der Waals surface area contributed by atoms with Crippen LogP contribution in [0.25, 0.3) is 0 Å². The zero-order chi connectivity index (χ0) is 15.8. The van der Waals surface area contributed by atoms with Crippen molar-refractivity contribution in [2.45, 2.75) is 89.1 Å². The minimum absolute atomic E-state index is 0.286. The number of hydrogen-bond acceptors (Lipinski definition) is 2. The van der Waals surface area contributed by atoms with Gasteiger partial charge in [0.25, 0.3) is 0 Å². The molecule has 4 rings (SSSR count). The van der Waals surface area contributed by atoms with Crippen LogP contribution in [0.5, 0.6) is 0 Å². The standard InChI is InChI=1S/C20H34N2O/c21-19-15-7-4-8-16(19)12-17(11-15)20(23)22(18-9-10-18)13-14-5-2-1-3-6-14/h14-19H,1-13,21H2. The van der Waals surface area contributed by atoms with Crippen molar-refractivity contribution in [3.63, 3.8) is 0 Å². The Morgan fingerprint density at radius 1 is 0.870 bits per heavy atom. The summed E-state index contributed by atoms with van der Waals surface area (Å²) in [6.45, 7) is 1.06. The number of hydrogen-bond donors (Lipinski definition) is 1. The second kappa shape index (κ2) is 6.74. The van der Waals surface area contributed by atoms with Gasteiger partial charge in [-0.25, -0.2) is 0 Å². The van der Waals surface area contributed by atoms with E-state index in [9.17, 15) is 4.79 Å². The van der Waals surface area contributed by atoms with Gasteiger partial charge in [0.15, 0.2) is 0 Å². The van der Waals surface area contributed by atoms with E-state index in [2.05, 4.69) is 4.90 Å². The summed E-state index contributed by atoms with van der Waals surface area (Å²) in [5.74, 6) is 2.80. The van der Waals surface area contributed by atoms with E-state index in [0.717, 1.165) is 25.3 Å². The molecule has 0 radical (unpaired) electrons. The summed E-state index contributed by atoms with van der Waals surface area (Å²) >= 11 is 0. The fourth-order valence-corrected chi connectivity index (χ4v) is 5.68. The maximum atomic E-state index is 13.3. The first-order valence-corrected chi connectivity index (χ1v) is 10.3. The van der Waals surface area contributed by atoms with Crippen molar-refractivity contribution in [3.05, 3.63) is 0 Å². The number of amides is 1. The van der Waals surface area contributed by atoms with Crippen molar-refractivity contribution in [2.24, 2.45) is 29.4 Å². The Morgan fingerprint density at radius 3 is 2.13 bits per heavy atom. The van der Waals surface area contributed by atoms with Crippen LogP contribution in [0, 0.1) is 23.7 Å². The van der Waals surface area contributed by atoms with E-state index in [1.807, 2.05) is 0 Å². The highest BCUT2D eigenvalue weighted by Crippen LogP contribution is 2.43. The second-order valence-electron chi connectivity index (χ2n) is 8.92. The van der Waals surface area contributed by atoms with Crippen LogP contribution < -0.4 is 5.73 Å². The van der Waals surface area contributed by atoms with E-state index in [1.54, 1.807) is 0 Å². The van der Waals surface area contributed by atoms with Crippen molar-refractivity contribution in [1.82, 2.24) is 4.90 Å². The first kappa shape index (κ1) is 15.9. The zero-order valence-electron chi connectivity index (χ0n) is 14.6. The van der Waals surface area contributed by atoms with Gasteiger partial charge in [-0.2, -0.15) is 0 Å². The molecule has 0 aromatic rings. The Kier molecular flexibility index (Phi) is 4.67. The molecule has 2 atom stereocenters. The molecule has 23 heavy (non-hydrogen) atoms. The van der Waals surface area contributed by atoms with Crippen molar-refractivity contribution >= 4 is 5.91 Å². The SMILES string of the molecule is NC1C2CCCC1CC(C(=O)N(CC1CCCCC1)C1CC1)C2. The number of fused-ring (bicyclic) bond motifs is 2. The van der Waals surface area contributed by atoms with Crippen LogP contribution in [0.15, 0.2) is 0 Å². The predicted molar refractivity (Wildman–Crippen MR) is 92.8 cm³/mol. The maximum absolute atomic E-state index is 13.3. The summed E-state index contributed by atoms with van der Waals surface area (Å²) in [6, 6.07) is 0.959. The molecule has 3 nitrogen and oxygen atoms in total. The third kappa shape index (κ3) is 3.45. The molecule has 0 aliphatic heterocycles. The Hall–Kier alpha value is -0.570. The van der Waals surface area contributed by atoms with E-state index in [4.69, 9.17) is 5.73 Å². The number of rotatable bonds is 4. The topological polar surface area (TPSA) is 46.3 Å². The number of nitrogens with two attached hydrogens (primary N) is 1. The molecule has 4 fully saturated rings. The Morgan fingerprint density at radius 2 is 1.52 bits per heavy atom. The monoisotopic (exact) mass is 318 g/mol. The summed E-state index contributed by atoms with van der Waals surface area (Å²) in [7, 11) is 0. The molecule has 130 valence electrons.